The van der Waals surface area contributed by atoms with Crippen molar-refractivity contribution in [3.05, 3.63) is 75.7 Å². The number of rotatable bonds is 5. The number of carbonyl (C=O) groups excluding carboxylic acids is 3. The molecule has 0 radical (unpaired) electrons. The van der Waals surface area contributed by atoms with Gasteiger partial charge >= 0.3 is 11.9 Å². The summed E-state index contributed by atoms with van der Waals surface area (Å²) in [6, 6.07) is 10.8. The lowest BCUT2D eigenvalue weighted by Gasteiger charge is -2.20. The van der Waals surface area contributed by atoms with E-state index >= 15 is 0 Å². The molecule has 1 fully saturated rings. The van der Waals surface area contributed by atoms with Gasteiger partial charge in [0.05, 0.1) is 17.9 Å². The lowest BCUT2D eigenvalue weighted by molar-refractivity contribution is -0.132. The number of benzene rings is 1. The molecule has 1 aromatic carbocycles. The van der Waals surface area contributed by atoms with E-state index in [-0.39, 0.29) is 27.9 Å². The standard InChI is InChI=1S/C23H20N2O6S/c1-4-30-22(29)20-13(3)24-23(32-20)25-17(15-11-10-12(2)31-15)16(19(27)21(25)28)18(26)14-8-6-5-7-9-14/h5-11,17,26H,4H2,1-3H3/b18-16+/t17-/m0/s1. The molecule has 1 aliphatic heterocycles. The third kappa shape index (κ3) is 3.60. The molecule has 0 bridgehead atoms. The van der Waals surface area contributed by atoms with Gasteiger partial charge in [-0.15, -0.1) is 0 Å². The Morgan fingerprint density at radius 1 is 1.19 bits per heavy atom. The molecule has 0 spiro atoms. The van der Waals surface area contributed by atoms with Crippen molar-refractivity contribution in [1.29, 1.82) is 0 Å². The second-order valence-electron chi connectivity index (χ2n) is 7.11. The molecule has 0 unspecified atom stereocenters. The summed E-state index contributed by atoms with van der Waals surface area (Å²) in [5, 5.41) is 11.1. The van der Waals surface area contributed by atoms with Crippen LogP contribution >= 0.6 is 11.3 Å². The molecule has 2 aromatic heterocycles. The number of nitrogens with zero attached hydrogens (tertiary/aromatic N) is 2. The molecule has 9 heteroatoms. The summed E-state index contributed by atoms with van der Waals surface area (Å²) in [6.45, 7) is 5.24. The molecule has 32 heavy (non-hydrogen) atoms. The van der Waals surface area contributed by atoms with Gasteiger partial charge < -0.3 is 14.3 Å². The van der Waals surface area contributed by atoms with E-state index < -0.39 is 23.7 Å². The van der Waals surface area contributed by atoms with E-state index in [2.05, 4.69) is 4.98 Å². The van der Waals surface area contributed by atoms with E-state index in [4.69, 9.17) is 9.15 Å². The summed E-state index contributed by atoms with van der Waals surface area (Å²) in [5.74, 6) is -1.73. The first-order valence-electron chi connectivity index (χ1n) is 9.90. The number of ketones is 1. The van der Waals surface area contributed by atoms with Crippen molar-refractivity contribution in [2.45, 2.75) is 26.8 Å². The predicted octanol–water partition coefficient (Wildman–Crippen LogP) is 4.16. The van der Waals surface area contributed by atoms with E-state index in [1.165, 1.54) is 0 Å². The largest absolute Gasteiger partial charge is 0.507 e. The van der Waals surface area contributed by atoms with E-state index in [9.17, 15) is 19.5 Å². The summed E-state index contributed by atoms with van der Waals surface area (Å²) in [5.41, 5.74) is 0.658. The van der Waals surface area contributed by atoms with Crippen LogP contribution in [0.5, 0.6) is 0 Å². The minimum absolute atomic E-state index is 0.110. The number of hydrogen-bond acceptors (Lipinski definition) is 8. The Labute approximate surface area is 187 Å². The highest BCUT2D eigenvalue weighted by Gasteiger charge is 2.49. The van der Waals surface area contributed by atoms with Crippen LogP contribution in [0.25, 0.3) is 5.76 Å². The van der Waals surface area contributed by atoms with Gasteiger partial charge in [0.15, 0.2) is 5.13 Å². The molecule has 1 saturated heterocycles. The van der Waals surface area contributed by atoms with Crippen LogP contribution < -0.4 is 4.90 Å². The van der Waals surface area contributed by atoms with Gasteiger partial charge in [-0.25, -0.2) is 9.78 Å². The Balaban J connectivity index is 1.89. The summed E-state index contributed by atoms with van der Waals surface area (Å²) >= 11 is 0.947. The molecule has 1 aliphatic rings. The van der Waals surface area contributed by atoms with Gasteiger partial charge in [-0.3, -0.25) is 14.5 Å². The second kappa shape index (κ2) is 8.43. The van der Waals surface area contributed by atoms with Crippen molar-refractivity contribution in [2.75, 3.05) is 11.5 Å². The molecular formula is C23H20N2O6S. The van der Waals surface area contributed by atoms with Crippen LogP contribution in [-0.4, -0.2) is 34.4 Å². The lowest BCUT2D eigenvalue weighted by atomic mass is 9.99. The fourth-order valence-electron chi connectivity index (χ4n) is 3.52. The maximum absolute atomic E-state index is 13.1. The fourth-order valence-corrected chi connectivity index (χ4v) is 4.51. The van der Waals surface area contributed by atoms with Crippen LogP contribution in [0.3, 0.4) is 0 Å². The van der Waals surface area contributed by atoms with Gasteiger partial charge in [-0.1, -0.05) is 41.7 Å². The number of anilines is 1. The highest BCUT2D eigenvalue weighted by molar-refractivity contribution is 7.17. The average molecular weight is 452 g/mol. The number of carbonyl (C=O) groups is 3. The average Bonchev–Trinajstić information content (AvgIpc) is 3.45. The van der Waals surface area contributed by atoms with Crippen LogP contribution in [0, 0.1) is 13.8 Å². The number of furan rings is 1. The molecule has 3 aromatic rings. The fraction of sp³-hybridized carbons (Fsp3) is 0.217. The van der Waals surface area contributed by atoms with Crippen molar-refractivity contribution in [3.8, 4) is 0 Å². The lowest BCUT2D eigenvalue weighted by Crippen LogP contribution is -2.29. The van der Waals surface area contributed by atoms with Gasteiger partial charge in [-0.2, -0.15) is 0 Å². The smallest absolute Gasteiger partial charge is 0.350 e. The monoisotopic (exact) mass is 452 g/mol. The van der Waals surface area contributed by atoms with Crippen molar-refractivity contribution >= 4 is 39.9 Å². The normalized spacial score (nSPS) is 17.7. The van der Waals surface area contributed by atoms with Crippen LogP contribution in [-0.2, 0) is 14.3 Å². The number of amides is 1. The maximum Gasteiger partial charge on any atom is 0.350 e. The van der Waals surface area contributed by atoms with E-state index in [1.807, 2.05) is 0 Å². The number of thiazole rings is 1. The zero-order valence-corrected chi connectivity index (χ0v) is 18.4. The molecule has 1 amide bonds. The molecule has 3 heterocycles. The Kier molecular flexibility index (Phi) is 5.67. The molecule has 1 atom stereocenters. The minimum atomic E-state index is -1.04. The number of Topliss-reactive ketones (excluding diaryl/α,β-unsaturated/α-hetero) is 1. The molecular weight excluding hydrogens is 432 g/mol. The highest BCUT2D eigenvalue weighted by atomic mass is 32.1. The molecule has 1 N–H and O–H groups in total. The number of aliphatic hydroxyl groups is 1. The Morgan fingerprint density at radius 2 is 1.91 bits per heavy atom. The summed E-state index contributed by atoms with van der Waals surface area (Å²) in [7, 11) is 0. The Morgan fingerprint density at radius 3 is 2.53 bits per heavy atom. The number of aryl methyl sites for hydroxylation is 2. The summed E-state index contributed by atoms with van der Waals surface area (Å²) in [4.78, 5) is 44.2. The third-order valence-electron chi connectivity index (χ3n) is 4.97. The summed E-state index contributed by atoms with van der Waals surface area (Å²) in [6.07, 6.45) is 0. The van der Waals surface area contributed by atoms with E-state index in [1.54, 1.807) is 63.2 Å². The van der Waals surface area contributed by atoms with Crippen LogP contribution in [0.1, 0.15) is 45.4 Å². The number of esters is 1. The van der Waals surface area contributed by atoms with E-state index in [0.29, 0.717) is 22.8 Å². The summed E-state index contributed by atoms with van der Waals surface area (Å²) < 4.78 is 10.8. The number of hydrogen-bond donors (Lipinski definition) is 1. The van der Waals surface area contributed by atoms with Crippen LogP contribution in [0.4, 0.5) is 5.13 Å². The van der Waals surface area contributed by atoms with Crippen molar-refractivity contribution < 1.29 is 28.6 Å². The van der Waals surface area contributed by atoms with Crippen LogP contribution in [0.2, 0.25) is 0 Å². The first-order chi connectivity index (χ1) is 15.3. The van der Waals surface area contributed by atoms with E-state index in [0.717, 1.165) is 16.2 Å². The Hall–Kier alpha value is -3.72. The molecule has 0 saturated carbocycles. The van der Waals surface area contributed by atoms with Gasteiger partial charge in [0.2, 0.25) is 0 Å². The Bertz CT molecular complexity index is 1240. The van der Waals surface area contributed by atoms with Crippen molar-refractivity contribution in [2.24, 2.45) is 0 Å². The zero-order valence-electron chi connectivity index (χ0n) is 17.6. The SMILES string of the molecule is CCOC(=O)c1sc(N2C(=O)C(=O)/C(=C(/O)c3ccccc3)[C@@H]2c2ccc(C)o2)nc1C. The maximum atomic E-state index is 13.1. The minimum Gasteiger partial charge on any atom is -0.507 e. The van der Waals surface area contributed by atoms with Gasteiger partial charge in [0.25, 0.3) is 5.78 Å². The zero-order chi connectivity index (χ0) is 23.0. The first-order valence-corrected chi connectivity index (χ1v) is 10.7. The van der Waals surface area contributed by atoms with Gasteiger partial charge in [0.1, 0.15) is 28.2 Å². The predicted molar refractivity (Wildman–Crippen MR) is 117 cm³/mol. The van der Waals surface area contributed by atoms with Crippen molar-refractivity contribution in [1.82, 2.24) is 4.98 Å². The second-order valence-corrected chi connectivity index (χ2v) is 8.09. The molecule has 164 valence electrons. The van der Waals surface area contributed by atoms with Crippen molar-refractivity contribution in [3.63, 3.8) is 0 Å². The quantitative estimate of drug-likeness (QED) is 0.268. The third-order valence-corrected chi connectivity index (χ3v) is 6.11. The molecule has 4 rings (SSSR count). The molecule has 8 nitrogen and oxygen atoms in total. The number of aromatic nitrogens is 1. The van der Waals surface area contributed by atoms with Gasteiger partial charge in [0, 0.05) is 5.56 Å². The first kappa shape index (κ1) is 21.5. The number of ether oxygens (including phenoxy) is 1. The molecule has 0 aliphatic carbocycles. The topological polar surface area (TPSA) is 110 Å². The number of aliphatic hydroxyl groups excluding tert-OH is 1. The van der Waals surface area contributed by atoms with Crippen LogP contribution in [0.15, 0.2) is 52.5 Å². The van der Waals surface area contributed by atoms with Gasteiger partial charge in [-0.05, 0) is 32.9 Å². The highest BCUT2D eigenvalue weighted by Crippen LogP contribution is 2.44.